The van der Waals surface area contributed by atoms with Gasteiger partial charge in [-0.05, 0) is 97.1 Å². The molecule has 0 aliphatic heterocycles. The zero-order valence-electron chi connectivity index (χ0n) is 17.7. The van der Waals surface area contributed by atoms with Gasteiger partial charge in [-0.3, -0.25) is 0 Å². The molecule has 0 bridgehead atoms. The zero-order valence-corrected chi connectivity index (χ0v) is 17.7. The Kier molecular flexibility index (Phi) is 7.70. The molecular weight excluding hydrogens is 440 g/mol. The molecule has 0 amide bonds. The lowest BCUT2D eigenvalue weighted by Gasteiger charge is -2.04. The number of phenolic OH excluding ortho intramolecular Hbond substituents is 4. The van der Waals surface area contributed by atoms with Gasteiger partial charge in [-0.1, -0.05) is 0 Å². The van der Waals surface area contributed by atoms with E-state index in [1.807, 2.05) is 0 Å². The van der Waals surface area contributed by atoms with Crippen LogP contribution in [-0.2, 0) is 0 Å². The molecule has 0 aliphatic rings. The summed E-state index contributed by atoms with van der Waals surface area (Å²) in [5, 5.41) is 36.3. The minimum Gasteiger partial charge on any atom is -0.508 e. The Balaban J connectivity index is 0.000000191. The molecule has 0 radical (unpaired) electrons. The fourth-order valence-electron chi connectivity index (χ4n) is 2.56. The molecule has 0 unspecified atom stereocenters. The summed E-state index contributed by atoms with van der Waals surface area (Å²) >= 11 is 0. The Morgan fingerprint density at radius 1 is 0.412 bits per heavy atom. The SMILES string of the molecule is O=C(Oc1ccc(O)cc1)c1ccc(O)cc1.O=C(Oc1ccc(O)cc1)c1ccc(O)cc1. The number of hydrogen-bond donors (Lipinski definition) is 4. The van der Waals surface area contributed by atoms with E-state index in [-0.39, 0.29) is 23.0 Å². The number of phenols is 4. The first-order chi connectivity index (χ1) is 16.3. The topological polar surface area (TPSA) is 134 Å². The predicted molar refractivity (Wildman–Crippen MR) is 122 cm³/mol. The van der Waals surface area contributed by atoms with Crippen LogP contribution in [-0.4, -0.2) is 32.4 Å². The molecule has 4 N–H and O–H groups in total. The van der Waals surface area contributed by atoms with Gasteiger partial charge in [0.1, 0.15) is 34.5 Å². The molecule has 0 saturated heterocycles. The van der Waals surface area contributed by atoms with Crippen molar-refractivity contribution in [3.63, 3.8) is 0 Å². The lowest BCUT2D eigenvalue weighted by atomic mass is 10.2. The van der Waals surface area contributed by atoms with E-state index >= 15 is 0 Å². The lowest BCUT2D eigenvalue weighted by molar-refractivity contribution is 0.0725. The van der Waals surface area contributed by atoms with Crippen molar-refractivity contribution in [1.82, 2.24) is 0 Å². The Labute approximate surface area is 194 Å². The largest absolute Gasteiger partial charge is 0.508 e. The molecule has 8 heteroatoms. The van der Waals surface area contributed by atoms with Crippen LogP contribution < -0.4 is 9.47 Å². The highest BCUT2D eigenvalue weighted by molar-refractivity contribution is 5.91. The highest BCUT2D eigenvalue weighted by Crippen LogP contribution is 2.19. The highest BCUT2D eigenvalue weighted by Gasteiger charge is 2.09. The van der Waals surface area contributed by atoms with Crippen molar-refractivity contribution in [2.75, 3.05) is 0 Å². The summed E-state index contributed by atoms with van der Waals surface area (Å²) in [5.74, 6) is 0.0503. The van der Waals surface area contributed by atoms with Gasteiger partial charge in [-0.15, -0.1) is 0 Å². The normalized spacial score (nSPS) is 9.88. The molecule has 0 saturated carbocycles. The van der Waals surface area contributed by atoms with Crippen molar-refractivity contribution in [1.29, 1.82) is 0 Å². The summed E-state index contributed by atoms with van der Waals surface area (Å²) in [7, 11) is 0. The molecule has 4 rings (SSSR count). The van der Waals surface area contributed by atoms with Crippen LogP contribution in [0, 0.1) is 0 Å². The lowest BCUT2D eigenvalue weighted by Crippen LogP contribution is -2.07. The monoisotopic (exact) mass is 460 g/mol. The van der Waals surface area contributed by atoms with E-state index in [0.29, 0.717) is 22.6 Å². The third-order valence-electron chi connectivity index (χ3n) is 4.30. The second-order valence-corrected chi connectivity index (χ2v) is 6.86. The Morgan fingerprint density at radius 3 is 0.912 bits per heavy atom. The molecule has 0 fully saturated rings. The van der Waals surface area contributed by atoms with Gasteiger partial charge < -0.3 is 29.9 Å². The van der Waals surface area contributed by atoms with Crippen LogP contribution >= 0.6 is 0 Å². The molecule has 34 heavy (non-hydrogen) atoms. The standard InChI is InChI=1S/2C13H10O4/c2*14-10-3-1-9(2-4-10)13(16)17-12-7-5-11(15)6-8-12/h2*1-8,14-15H. The van der Waals surface area contributed by atoms with Gasteiger partial charge in [0.2, 0.25) is 0 Å². The van der Waals surface area contributed by atoms with Crippen molar-refractivity contribution in [2.45, 2.75) is 0 Å². The predicted octanol–water partition coefficient (Wildman–Crippen LogP) is 4.63. The summed E-state index contributed by atoms with van der Waals surface area (Å²) < 4.78 is 10.1. The fourth-order valence-corrected chi connectivity index (χ4v) is 2.56. The van der Waals surface area contributed by atoms with E-state index in [0.717, 1.165) is 0 Å². The van der Waals surface area contributed by atoms with Crippen LogP contribution in [0.4, 0.5) is 0 Å². The van der Waals surface area contributed by atoms with Gasteiger partial charge in [-0.2, -0.15) is 0 Å². The molecule has 8 nitrogen and oxygen atoms in total. The molecule has 4 aromatic rings. The average Bonchev–Trinajstić information content (AvgIpc) is 2.83. The first kappa shape index (κ1) is 23.7. The van der Waals surface area contributed by atoms with Crippen LogP contribution in [0.25, 0.3) is 0 Å². The number of hydrogen-bond acceptors (Lipinski definition) is 8. The smallest absolute Gasteiger partial charge is 0.343 e. The van der Waals surface area contributed by atoms with E-state index in [1.165, 1.54) is 97.1 Å². The number of ether oxygens (including phenoxy) is 2. The molecule has 0 heterocycles. The molecule has 0 aliphatic carbocycles. The third kappa shape index (κ3) is 7.03. The summed E-state index contributed by atoms with van der Waals surface area (Å²) in [6.07, 6.45) is 0. The molecule has 0 aromatic heterocycles. The number of aromatic hydroxyl groups is 4. The molecule has 0 spiro atoms. The van der Waals surface area contributed by atoms with Gasteiger partial charge >= 0.3 is 11.9 Å². The molecular formula is C26H20O8. The van der Waals surface area contributed by atoms with Crippen LogP contribution in [0.5, 0.6) is 34.5 Å². The fraction of sp³-hybridized carbons (Fsp3) is 0. The highest BCUT2D eigenvalue weighted by atomic mass is 16.5. The summed E-state index contributed by atoms with van der Waals surface area (Å²) in [6, 6.07) is 23.2. The maximum absolute atomic E-state index is 11.6. The van der Waals surface area contributed by atoms with Crippen molar-refractivity contribution < 1.29 is 39.5 Å². The zero-order chi connectivity index (χ0) is 24.5. The molecule has 172 valence electrons. The van der Waals surface area contributed by atoms with E-state index in [9.17, 15) is 9.59 Å². The van der Waals surface area contributed by atoms with Crippen molar-refractivity contribution in [2.24, 2.45) is 0 Å². The van der Waals surface area contributed by atoms with Crippen LogP contribution in [0.3, 0.4) is 0 Å². The maximum atomic E-state index is 11.6. The van der Waals surface area contributed by atoms with E-state index in [4.69, 9.17) is 29.9 Å². The third-order valence-corrected chi connectivity index (χ3v) is 4.30. The Bertz CT molecular complexity index is 1130. The number of benzene rings is 4. The van der Waals surface area contributed by atoms with Crippen LogP contribution in [0.1, 0.15) is 20.7 Å². The van der Waals surface area contributed by atoms with Crippen molar-refractivity contribution >= 4 is 11.9 Å². The first-order valence-electron chi connectivity index (χ1n) is 9.90. The quantitative estimate of drug-likeness (QED) is 0.256. The van der Waals surface area contributed by atoms with E-state index in [2.05, 4.69) is 0 Å². The van der Waals surface area contributed by atoms with E-state index < -0.39 is 11.9 Å². The van der Waals surface area contributed by atoms with Gasteiger partial charge in [-0.25, -0.2) is 9.59 Å². The Morgan fingerprint density at radius 2 is 0.647 bits per heavy atom. The van der Waals surface area contributed by atoms with Gasteiger partial charge in [0.15, 0.2) is 0 Å². The van der Waals surface area contributed by atoms with Crippen molar-refractivity contribution in [3.05, 3.63) is 108 Å². The van der Waals surface area contributed by atoms with Crippen LogP contribution in [0.2, 0.25) is 0 Å². The maximum Gasteiger partial charge on any atom is 0.343 e. The number of rotatable bonds is 4. The number of carbonyl (C=O) groups is 2. The summed E-state index contributed by atoms with van der Waals surface area (Å²) in [6.45, 7) is 0. The number of esters is 2. The van der Waals surface area contributed by atoms with Crippen molar-refractivity contribution in [3.8, 4) is 34.5 Å². The van der Waals surface area contributed by atoms with E-state index in [1.54, 1.807) is 0 Å². The van der Waals surface area contributed by atoms with Gasteiger partial charge in [0.05, 0.1) is 11.1 Å². The molecule has 4 aromatic carbocycles. The second-order valence-electron chi connectivity index (χ2n) is 6.86. The summed E-state index contributed by atoms with van der Waals surface area (Å²) in [4.78, 5) is 23.3. The minimum absolute atomic E-state index is 0.0891. The average molecular weight is 460 g/mol. The minimum atomic E-state index is -0.518. The van der Waals surface area contributed by atoms with Gasteiger partial charge in [0, 0.05) is 0 Å². The summed E-state index contributed by atoms with van der Waals surface area (Å²) in [5.41, 5.74) is 0.687. The first-order valence-corrected chi connectivity index (χ1v) is 9.90. The van der Waals surface area contributed by atoms with Gasteiger partial charge in [0.25, 0.3) is 0 Å². The molecule has 0 atom stereocenters. The number of carbonyl (C=O) groups excluding carboxylic acids is 2. The second kappa shape index (κ2) is 11.1. The van der Waals surface area contributed by atoms with Crippen LogP contribution in [0.15, 0.2) is 97.1 Å². The Hall–Kier alpha value is -4.98.